The molecular formula is C25H25FN6O3. The third kappa shape index (κ3) is 4.05. The number of rotatable bonds is 6. The minimum absolute atomic E-state index is 0.131. The number of fused-ring (bicyclic) bond motifs is 1. The number of ketones is 1. The SMILES string of the molecule is CC(=O)c1c(C2CCC([C@H](F)C(=O)O)CC2)nc2c(-c3cnn(-c4ccccc4)c3)cnn2c1N. The van der Waals surface area contributed by atoms with Crippen molar-refractivity contribution < 1.29 is 19.1 Å². The average Bonchev–Trinajstić information content (AvgIpc) is 3.51. The summed E-state index contributed by atoms with van der Waals surface area (Å²) in [4.78, 5) is 28.5. The molecule has 0 bridgehead atoms. The van der Waals surface area contributed by atoms with E-state index in [1.807, 2.05) is 36.5 Å². The molecular weight excluding hydrogens is 451 g/mol. The number of carboxylic acids is 1. The van der Waals surface area contributed by atoms with Crippen molar-refractivity contribution in [2.75, 3.05) is 5.73 Å². The second kappa shape index (κ2) is 8.94. The van der Waals surface area contributed by atoms with Gasteiger partial charge in [-0.25, -0.2) is 18.9 Å². The Labute approximate surface area is 200 Å². The molecule has 1 aromatic carbocycles. The molecule has 1 atom stereocenters. The van der Waals surface area contributed by atoms with Crippen molar-refractivity contribution in [2.24, 2.45) is 5.92 Å². The summed E-state index contributed by atoms with van der Waals surface area (Å²) in [6.45, 7) is 1.44. The van der Waals surface area contributed by atoms with E-state index < -0.39 is 18.1 Å². The van der Waals surface area contributed by atoms with Crippen molar-refractivity contribution in [2.45, 2.75) is 44.7 Å². The highest BCUT2D eigenvalue weighted by atomic mass is 19.1. The number of Topliss-reactive ketones (excluding diaryl/α,β-unsaturated/α-hetero) is 1. The maximum atomic E-state index is 14.0. The Bertz CT molecular complexity index is 1410. The fraction of sp³-hybridized carbons (Fsp3) is 0.320. The number of carbonyl (C=O) groups is 2. The number of para-hydroxylation sites is 1. The number of hydrogen-bond donors (Lipinski definition) is 2. The van der Waals surface area contributed by atoms with Crippen molar-refractivity contribution >= 4 is 23.2 Å². The van der Waals surface area contributed by atoms with Crippen LogP contribution in [-0.4, -0.2) is 47.4 Å². The van der Waals surface area contributed by atoms with Gasteiger partial charge in [0.2, 0.25) is 0 Å². The zero-order chi connectivity index (χ0) is 24.7. The van der Waals surface area contributed by atoms with Gasteiger partial charge in [-0.05, 0) is 44.7 Å². The Hall–Kier alpha value is -4.08. The molecule has 0 aliphatic heterocycles. The van der Waals surface area contributed by atoms with E-state index in [9.17, 15) is 14.0 Å². The molecule has 0 radical (unpaired) electrons. The van der Waals surface area contributed by atoms with E-state index in [0.717, 1.165) is 16.8 Å². The van der Waals surface area contributed by atoms with Gasteiger partial charge >= 0.3 is 5.97 Å². The number of nitrogens with two attached hydrogens (primary N) is 1. The van der Waals surface area contributed by atoms with Gasteiger partial charge in [0.15, 0.2) is 17.6 Å². The van der Waals surface area contributed by atoms with Crippen LogP contribution in [0, 0.1) is 5.92 Å². The molecule has 0 amide bonds. The first-order chi connectivity index (χ1) is 16.8. The van der Waals surface area contributed by atoms with E-state index in [0.29, 0.717) is 42.6 Å². The molecule has 1 fully saturated rings. The van der Waals surface area contributed by atoms with Crippen LogP contribution in [0.25, 0.3) is 22.5 Å². The van der Waals surface area contributed by atoms with Crippen LogP contribution in [0.15, 0.2) is 48.9 Å². The third-order valence-electron chi connectivity index (χ3n) is 6.79. The first-order valence-corrected chi connectivity index (χ1v) is 11.5. The van der Waals surface area contributed by atoms with Gasteiger partial charge in [0.1, 0.15) is 5.82 Å². The van der Waals surface area contributed by atoms with Crippen molar-refractivity contribution in [3.8, 4) is 16.8 Å². The standard InChI is InChI=1S/C25H25FN6O3/c1-14(33)20-22(16-9-7-15(8-10-16)21(26)25(34)35)30-24-19(12-29-32(24)23(20)27)17-11-28-31(13-17)18-5-3-2-4-6-18/h2-6,11-13,15-16,21H,7-10,27H2,1H3,(H,34,35)/t15?,16?,21-/m0/s1. The largest absolute Gasteiger partial charge is 0.479 e. The van der Waals surface area contributed by atoms with Crippen LogP contribution in [0.2, 0.25) is 0 Å². The van der Waals surface area contributed by atoms with E-state index >= 15 is 0 Å². The number of carboxylic acid groups (broad SMARTS) is 1. The zero-order valence-corrected chi connectivity index (χ0v) is 19.1. The lowest BCUT2D eigenvalue weighted by Gasteiger charge is -2.29. The van der Waals surface area contributed by atoms with Crippen molar-refractivity contribution in [1.82, 2.24) is 24.4 Å². The van der Waals surface area contributed by atoms with E-state index in [4.69, 9.17) is 15.8 Å². The van der Waals surface area contributed by atoms with Crippen LogP contribution in [0.3, 0.4) is 0 Å². The molecule has 10 heteroatoms. The summed E-state index contributed by atoms with van der Waals surface area (Å²) in [7, 11) is 0. The fourth-order valence-electron chi connectivity index (χ4n) is 4.96. The number of hydrogen-bond acceptors (Lipinski definition) is 6. The number of nitrogens with zero attached hydrogens (tertiary/aromatic N) is 5. The van der Waals surface area contributed by atoms with Gasteiger partial charge in [-0.2, -0.15) is 14.7 Å². The predicted octanol–water partition coefficient (Wildman–Crippen LogP) is 4.06. The highest BCUT2D eigenvalue weighted by molar-refractivity contribution is 6.00. The maximum Gasteiger partial charge on any atom is 0.338 e. The van der Waals surface area contributed by atoms with Crippen molar-refractivity contribution in [1.29, 1.82) is 0 Å². The minimum Gasteiger partial charge on any atom is -0.479 e. The normalized spacial score (nSPS) is 19.0. The molecule has 1 aliphatic rings. The van der Waals surface area contributed by atoms with Crippen LogP contribution in [0.1, 0.15) is 54.6 Å². The van der Waals surface area contributed by atoms with Gasteiger partial charge in [-0.1, -0.05) is 18.2 Å². The smallest absolute Gasteiger partial charge is 0.338 e. The van der Waals surface area contributed by atoms with Gasteiger partial charge in [-0.3, -0.25) is 4.79 Å². The Balaban J connectivity index is 1.54. The summed E-state index contributed by atoms with van der Waals surface area (Å²) in [5.74, 6) is -2.12. The first-order valence-electron chi connectivity index (χ1n) is 11.5. The van der Waals surface area contributed by atoms with E-state index in [1.165, 1.54) is 11.4 Å². The van der Waals surface area contributed by atoms with Crippen LogP contribution >= 0.6 is 0 Å². The fourth-order valence-corrected chi connectivity index (χ4v) is 4.96. The molecule has 0 spiro atoms. The van der Waals surface area contributed by atoms with Gasteiger partial charge in [0.25, 0.3) is 0 Å². The molecule has 1 saturated carbocycles. The number of alkyl halides is 1. The molecule has 3 aromatic heterocycles. The van der Waals surface area contributed by atoms with Gasteiger partial charge in [-0.15, -0.1) is 0 Å². The topological polar surface area (TPSA) is 128 Å². The van der Waals surface area contributed by atoms with Crippen molar-refractivity contribution in [3.63, 3.8) is 0 Å². The number of anilines is 1. The number of benzene rings is 1. The second-order valence-electron chi connectivity index (χ2n) is 8.97. The second-order valence-corrected chi connectivity index (χ2v) is 8.97. The molecule has 3 N–H and O–H groups in total. The predicted molar refractivity (Wildman–Crippen MR) is 127 cm³/mol. The summed E-state index contributed by atoms with van der Waals surface area (Å²) >= 11 is 0. The highest BCUT2D eigenvalue weighted by Crippen LogP contribution is 2.40. The van der Waals surface area contributed by atoms with Crippen LogP contribution < -0.4 is 5.73 Å². The van der Waals surface area contributed by atoms with Gasteiger partial charge in [0, 0.05) is 29.2 Å². The number of nitrogen functional groups attached to an aromatic ring is 1. The number of aliphatic carboxylic acids is 1. The zero-order valence-electron chi connectivity index (χ0n) is 19.1. The lowest BCUT2D eigenvalue weighted by atomic mass is 9.77. The van der Waals surface area contributed by atoms with Crippen LogP contribution in [-0.2, 0) is 4.79 Å². The summed E-state index contributed by atoms with van der Waals surface area (Å²) in [6, 6.07) is 9.69. The Kier molecular flexibility index (Phi) is 5.80. The minimum atomic E-state index is -1.88. The molecule has 4 aromatic rings. The molecule has 0 unspecified atom stereocenters. The third-order valence-corrected chi connectivity index (χ3v) is 6.79. The molecule has 180 valence electrons. The van der Waals surface area contributed by atoms with E-state index in [-0.39, 0.29) is 17.5 Å². The number of halogens is 1. The van der Waals surface area contributed by atoms with E-state index in [1.54, 1.807) is 17.1 Å². The molecule has 3 heterocycles. The summed E-state index contributed by atoms with van der Waals surface area (Å²) in [5.41, 5.74) is 10.2. The van der Waals surface area contributed by atoms with Crippen molar-refractivity contribution in [3.05, 3.63) is 60.2 Å². The van der Waals surface area contributed by atoms with E-state index in [2.05, 4.69) is 10.2 Å². The lowest BCUT2D eigenvalue weighted by molar-refractivity contribution is -0.145. The monoisotopic (exact) mass is 476 g/mol. The number of carbonyl (C=O) groups excluding carboxylic acids is 1. The van der Waals surface area contributed by atoms with Crippen LogP contribution in [0.4, 0.5) is 10.2 Å². The highest BCUT2D eigenvalue weighted by Gasteiger charge is 2.35. The molecule has 35 heavy (non-hydrogen) atoms. The molecule has 9 nitrogen and oxygen atoms in total. The lowest BCUT2D eigenvalue weighted by Crippen LogP contribution is -2.29. The summed E-state index contributed by atoms with van der Waals surface area (Å²) < 4.78 is 17.3. The van der Waals surface area contributed by atoms with Gasteiger partial charge in [0.05, 0.1) is 29.3 Å². The molecule has 1 aliphatic carbocycles. The Morgan fingerprint density at radius 1 is 1.11 bits per heavy atom. The number of aromatic nitrogens is 5. The van der Waals surface area contributed by atoms with Gasteiger partial charge < -0.3 is 10.8 Å². The summed E-state index contributed by atoms with van der Waals surface area (Å²) in [5, 5.41) is 17.9. The first kappa shape index (κ1) is 22.7. The molecule has 5 rings (SSSR count). The average molecular weight is 477 g/mol. The molecule has 0 saturated heterocycles. The van der Waals surface area contributed by atoms with Crippen LogP contribution in [0.5, 0.6) is 0 Å². The summed E-state index contributed by atoms with van der Waals surface area (Å²) in [6.07, 6.45) is 5.21. The Morgan fingerprint density at radius 2 is 1.83 bits per heavy atom. The Morgan fingerprint density at radius 3 is 2.49 bits per heavy atom. The quantitative estimate of drug-likeness (QED) is 0.402. The maximum absolute atomic E-state index is 14.0.